The molecule has 0 aliphatic heterocycles. The van der Waals surface area contributed by atoms with E-state index in [-0.39, 0.29) is 22.6 Å². The molecule has 29 heavy (non-hydrogen) atoms. The SMILES string of the molecule is CCn1cnc2c(-c3ccc(F)c(-c4cc(C(=O)NC)ccc4F)c3)cnnc21. The van der Waals surface area contributed by atoms with E-state index in [9.17, 15) is 13.6 Å². The molecule has 2 aromatic carbocycles. The van der Waals surface area contributed by atoms with E-state index in [2.05, 4.69) is 20.5 Å². The second-order valence-corrected chi connectivity index (χ2v) is 6.43. The number of nitrogens with zero attached hydrogens (tertiary/aromatic N) is 4. The lowest BCUT2D eigenvalue weighted by atomic mass is 9.97. The van der Waals surface area contributed by atoms with Crippen molar-refractivity contribution in [2.24, 2.45) is 0 Å². The van der Waals surface area contributed by atoms with Crippen LogP contribution in [-0.2, 0) is 6.54 Å². The number of benzene rings is 2. The average Bonchev–Trinajstić information content (AvgIpc) is 3.17. The molecule has 8 heteroatoms. The Morgan fingerprint density at radius 2 is 1.79 bits per heavy atom. The summed E-state index contributed by atoms with van der Waals surface area (Å²) in [4.78, 5) is 16.3. The topological polar surface area (TPSA) is 72.7 Å². The maximum atomic E-state index is 14.6. The quantitative estimate of drug-likeness (QED) is 0.572. The van der Waals surface area contributed by atoms with Crippen LogP contribution in [0.3, 0.4) is 0 Å². The summed E-state index contributed by atoms with van der Waals surface area (Å²) in [5.74, 6) is -1.60. The summed E-state index contributed by atoms with van der Waals surface area (Å²) in [5.41, 5.74) is 2.80. The van der Waals surface area contributed by atoms with E-state index in [0.717, 1.165) is 6.07 Å². The van der Waals surface area contributed by atoms with E-state index in [0.29, 0.717) is 28.8 Å². The summed E-state index contributed by atoms with van der Waals surface area (Å²) in [5, 5.41) is 10.6. The number of hydrogen-bond acceptors (Lipinski definition) is 4. The molecule has 6 nitrogen and oxygen atoms in total. The van der Waals surface area contributed by atoms with Gasteiger partial charge in [0.2, 0.25) is 0 Å². The van der Waals surface area contributed by atoms with Crippen LogP contribution in [0.15, 0.2) is 48.9 Å². The van der Waals surface area contributed by atoms with Crippen LogP contribution in [0.1, 0.15) is 17.3 Å². The van der Waals surface area contributed by atoms with Crippen molar-refractivity contribution in [3.05, 3.63) is 66.1 Å². The molecule has 2 aromatic heterocycles. The standard InChI is InChI=1S/C21H17F2N5O/c1-3-28-11-25-19-16(10-26-27-20(19)28)12-4-6-17(22)14(8-12)15-9-13(21(29)24-2)5-7-18(15)23/h4-11H,3H2,1-2H3,(H,24,29). The molecule has 4 aromatic rings. The molecule has 0 atom stereocenters. The number of carbonyl (C=O) groups excluding carboxylic acids is 1. The van der Waals surface area contributed by atoms with Gasteiger partial charge in [-0.25, -0.2) is 13.8 Å². The summed E-state index contributed by atoms with van der Waals surface area (Å²) in [6.45, 7) is 2.65. The highest BCUT2D eigenvalue weighted by Crippen LogP contribution is 2.33. The molecule has 0 radical (unpaired) electrons. The molecule has 2 heterocycles. The summed E-state index contributed by atoms with van der Waals surface area (Å²) in [6.07, 6.45) is 3.21. The first-order chi connectivity index (χ1) is 14.0. The van der Waals surface area contributed by atoms with E-state index >= 15 is 0 Å². The molecule has 0 saturated heterocycles. The van der Waals surface area contributed by atoms with Gasteiger partial charge in [0.15, 0.2) is 5.65 Å². The molecule has 0 fully saturated rings. The van der Waals surface area contributed by atoms with E-state index in [1.165, 1.54) is 31.3 Å². The number of aryl methyl sites for hydroxylation is 1. The lowest BCUT2D eigenvalue weighted by Gasteiger charge is -2.10. The van der Waals surface area contributed by atoms with Crippen LogP contribution >= 0.6 is 0 Å². The third-order valence-corrected chi connectivity index (χ3v) is 4.77. The minimum absolute atomic E-state index is 0.00259. The van der Waals surface area contributed by atoms with Gasteiger partial charge in [-0.05, 0) is 42.8 Å². The molecule has 0 bridgehead atoms. The van der Waals surface area contributed by atoms with Gasteiger partial charge in [-0.2, -0.15) is 5.10 Å². The predicted octanol–water partition coefficient (Wildman–Crippen LogP) is 3.82. The van der Waals surface area contributed by atoms with Crippen molar-refractivity contribution in [2.75, 3.05) is 7.05 Å². The van der Waals surface area contributed by atoms with Gasteiger partial charge >= 0.3 is 0 Å². The van der Waals surface area contributed by atoms with Crippen molar-refractivity contribution in [3.63, 3.8) is 0 Å². The van der Waals surface area contributed by atoms with Gasteiger partial charge < -0.3 is 9.88 Å². The number of amides is 1. The Balaban J connectivity index is 1.89. The number of carbonyl (C=O) groups is 1. The zero-order valence-corrected chi connectivity index (χ0v) is 15.8. The zero-order valence-electron chi connectivity index (χ0n) is 15.8. The smallest absolute Gasteiger partial charge is 0.251 e. The van der Waals surface area contributed by atoms with Crippen LogP contribution < -0.4 is 5.32 Å². The third kappa shape index (κ3) is 3.22. The van der Waals surface area contributed by atoms with Crippen LogP contribution in [0, 0.1) is 11.6 Å². The number of rotatable bonds is 4. The Labute approximate surface area is 165 Å². The van der Waals surface area contributed by atoms with E-state index in [1.54, 1.807) is 18.6 Å². The maximum absolute atomic E-state index is 14.6. The largest absolute Gasteiger partial charge is 0.355 e. The minimum Gasteiger partial charge on any atom is -0.355 e. The molecule has 4 rings (SSSR count). The predicted molar refractivity (Wildman–Crippen MR) is 105 cm³/mol. The fourth-order valence-electron chi connectivity index (χ4n) is 3.23. The van der Waals surface area contributed by atoms with Gasteiger partial charge in [0.05, 0.1) is 12.5 Å². The molecule has 0 unspecified atom stereocenters. The average molecular weight is 393 g/mol. The van der Waals surface area contributed by atoms with Crippen molar-refractivity contribution < 1.29 is 13.6 Å². The molecule has 1 amide bonds. The molecule has 0 spiro atoms. The third-order valence-electron chi connectivity index (χ3n) is 4.77. The maximum Gasteiger partial charge on any atom is 0.251 e. The van der Waals surface area contributed by atoms with E-state index < -0.39 is 11.6 Å². The molecular weight excluding hydrogens is 376 g/mol. The molecular formula is C21H17F2N5O. The van der Waals surface area contributed by atoms with Gasteiger partial charge in [0.1, 0.15) is 17.2 Å². The van der Waals surface area contributed by atoms with Gasteiger partial charge in [-0.15, -0.1) is 5.10 Å². The Morgan fingerprint density at radius 3 is 2.52 bits per heavy atom. The van der Waals surface area contributed by atoms with Gasteiger partial charge in [0.25, 0.3) is 5.91 Å². The number of aromatic nitrogens is 4. The lowest BCUT2D eigenvalue weighted by Crippen LogP contribution is -2.17. The number of nitrogens with one attached hydrogen (secondary N) is 1. The summed E-state index contributed by atoms with van der Waals surface area (Å²) >= 11 is 0. The first-order valence-electron chi connectivity index (χ1n) is 9.02. The molecule has 1 N–H and O–H groups in total. The van der Waals surface area contributed by atoms with Crippen molar-refractivity contribution in [3.8, 4) is 22.3 Å². The Kier molecular flexibility index (Phi) is 4.75. The Hall–Kier alpha value is -3.68. The molecule has 0 aliphatic carbocycles. The normalized spacial score (nSPS) is 11.0. The van der Waals surface area contributed by atoms with Crippen molar-refractivity contribution in [2.45, 2.75) is 13.5 Å². The van der Waals surface area contributed by atoms with Gasteiger partial charge in [-0.1, -0.05) is 6.07 Å². The fourth-order valence-corrected chi connectivity index (χ4v) is 3.23. The highest BCUT2D eigenvalue weighted by atomic mass is 19.1. The van der Waals surface area contributed by atoms with E-state index in [1.807, 2.05) is 11.5 Å². The first kappa shape index (κ1) is 18.7. The van der Waals surface area contributed by atoms with Gasteiger partial charge in [-0.3, -0.25) is 4.79 Å². The summed E-state index contributed by atoms with van der Waals surface area (Å²) < 4.78 is 31.0. The van der Waals surface area contributed by atoms with E-state index in [4.69, 9.17) is 0 Å². The number of halogens is 2. The van der Waals surface area contributed by atoms with Crippen molar-refractivity contribution in [1.82, 2.24) is 25.1 Å². The van der Waals surface area contributed by atoms with Crippen LogP contribution in [0.2, 0.25) is 0 Å². The first-order valence-corrected chi connectivity index (χ1v) is 9.02. The van der Waals surface area contributed by atoms with Crippen LogP contribution in [0.25, 0.3) is 33.4 Å². The van der Waals surface area contributed by atoms with Crippen LogP contribution in [0.4, 0.5) is 8.78 Å². The molecule has 146 valence electrons. The highest BCUT2D eigenvalue weighted by molar-refractivity contribution is 5.95. The Bertz CT molecular complexity index is 1240. The molecule has 0 aliphatic rings. The number of imidazole rings is 1. The summed E-state index contributed by atoms with van der Waals surface area (Å²) in [6, 6.07) is 8.22. The number of fused-ring (bicyclic) bond motifs is 1. The zero-order chi connectivity index (χ0) is 20.5. The van der Waals surface area contributed by atoms with Crippen LogP contribution in [0.5, 0.6) is 0 Å². The minimum atomic E-state index is -0.623. The number of hydrogen-bond donors (Lipinski definition) is 1. The lowest BCUT2D eigenvalue weighted by molar-refractivity contribution is 0.0963. The Morgan fingerprint density at radius 1 is 1.07 bits per heavy atom. The second kappa shape index (κ2) is 7.38. The van der Waals surface area contributed by atoms with Gasteiger partial charge in [0, 0.05) is 35.8 Å². The second-order valence-electron chi connectivity index (χ2n) is 6.43. The monoisotopic (exact) mass is 393 g/mol. The highest BCUT2D eigenvalue weighted by Gasteiger charge is 2.17. The molecule has 0 saturated carbocycles. The van der Waals surface area contributed by atoms with Crippen LogP contribution in [-0.4, -0.2) is 32.7 Å². The van der Waals surface area contributed by atoms with Crippen molar-refractivity contribution in [1.29, 1.82) is 0 Å². The van der Waals surface area contributed by atoms with Crippen molar-refractivity contribution >= 4 is 17.1 Å². The fraction of sp³-hybridized carbons (Fsp3) is 0.143. The summed E-state index contributed by atoms with van der Waals surface area (Å²) in [7, 11) is 1.48.